The quantitative estimate of drug-likeness (QED) is 0.696. The molecule has 0 aliphatic heterocycles. The predicted octanol–water partition coefficient (Wildman–Crippen LogP) is 3.54. The highest BCUT2D eigenvalue weighted by Gasteiger charge is 2.07. The molecule has 0 aliphatic rings. The molecular formula is C14H11Cl2N3O. The highest BCUT2D eigenvalue weighted by atomic mass is 35.5. The number of rotatable bonds is 3. The van der Waals surface area contributed by atoms with Crippen LogP contribution < -0.4 is 5.43 Å². The van der Waals surface area contributed by atoms with Gasteiger partial charge in [0.1, 0.15) is 0 Å². The van der Waals surface area contributed by atoms with Crippen LogP contribution in [-0.4, -0.2) is 16.6 Å². The number of pyridine rings is 1. The predicted molar refractivity (Wildman–Crippen MR) is 80.4 cm³/mol. The smallest absolute Gasteiger partial charge is 0.267 e. The first-order valence-electron chi connectivity index (χ1n) is 5.78. The lowest BCUT2D eigenvalue weighted by Gasteiger charge is -2.05. The maximum Gasteiger partial charge on any atom is 0.272 e. The Hall–Kier alpha value is -1.91. The molecule has 0 bridgehead atoms. The summed E-state index contributed by atoms with van der Waals surface area (Å²) in [6.45, 7) is 1.74. The fourth-order valence-electron chi connectivity index (χ4n) is 1.53. The number of carbonyl (C=O) groups excluding carboxylic acids is 1. The van der Waals surface area contributed by atoms with Gasteiger partial charge in [0.15, 0.2) is 0 Å². The first-order chi connectivity index (χ1) is 9.58. The van der Waals surface area contributed by atoms with Crippen LogP contribution in [-0.2, 0) is 0 Å². The van der Waals surface area contributed by atoms with Gasteiger partial charge in [0, 0.05) is 28.0 Å². The Morgan fingerprint density at radius 1 is 1.30 bits per heavy atom. The number of carbonyl (C=O) groups is 1. The van der Waals surface area contributed by atoms with E-state index in [0.717, 1.165) is 0 Å². The van der Waals surface area contributed by atoms with E-state index < -0.39 is 0 Å². The second-order valence-electron chi connectivity index (χ2n) is 4.00. The zero-order chi connectivity index (χ0) is 14.5. The molecule has 20 heavy (non-hydrogen) atoms. The molecule has 0 unspecified atom stereocenters. The van der Waals surface area contributed by atoms with Crippen molar-refractivity contribution in [2.75, 3.05) is 0 Å². The van der Waals surface area contributed by atoms with Crippen molar-refractivity contribution in [1.29, 1.82) is 0 Å². The van der Waals surface area contributed by atoms with Gasteiger partial charge in [-0.1, -0.05) is 23.2 Å². The molecule has 0 saturated carbocycles. The molecule has 6 heteroatoms. The Kier molecular flexibility index (Phi) is 4.71. The highest BCUT2D eigenvalue weighted by Crippen LogP contribution is 2.21. The summed E-state index contributed by atoms with van der Waals surface area (Å²) in [5, 5.41) is 5.09. The number of nitrogens with one attached hydrogen (secondary N) is 1. The number of halogens is 2. The molecule has 2 aromatic rings. The van der Waals surface area contributed by atoms with E-state index in [4.69, 9.17) is 23.2 Å². The summed E-state index contributed by atoms with van der Waals surface area (Å²) < 4.78 is 0. The number of hydrazone groups is 1. The SMILES string of the molecule is C/C(=N/NC(=O)c1cccnc1)c1cc(Cl)ccc1Cl. The molecule has 0 aliphatic carbocycles. The maximum atomic E-state index is 11.8. The van der Waals surface area contributed by atoms with Crippen LogP contribution in [0.15, 0.2) is 47.8 Å². The summed E-state index contributed by atoms with van der Waals surface area (Å²) >= 11 is 12.0. The molecule has 2 rings (SSSR count). The van der Waals surface area contributed by atoms with Crippen molar-refractivity contribution >= 4 is 34.8 Å². The van der Waals surface area contributed by atoms with Gasteiger partial charge in [-0.3, -0.25) is 9.78 Å². The molecule has 0 radical (unpaired) electrons. The normalized spacial score (nSPS) is 11.2. The second kappa shape index (κ2) is 6.50. The van der Waals surface area contributed by atoms with Gasteiger partial charge < -0.3 is 0 Å². The van der Waals surface area contributed by atoms with Gasteiger partial charge in [-0.15, -0.1) is 0 Å². The Labute approximate surface area is 126 Å². The average Bonchev–Trinajstić information content (AvgIpc) is 2.47. The van der Waals surface area contributed by atoms with Gasteiger partial charge in [0.05, 0.1) is 11.3 Å². The van der Waals surface area contributed by atoms with E-state index in [1.54, 1.807) is 43.5 Å². The third-order valence-corrected chi connectivity index (χ3v) is 3.13. The Balaban J connectivity index is 2.15. The summed E-state index contributed by atoms with van der Waals surface area (Å²) in [6, 6.07) is 8.40. The van der Waals surface area contributed by atoms with Crippen molar-refractivity contribution < 1.29 is 4.79 Å². The Bertz CT molecular complexity index is 657. The third-order valence-electron chi connectivity index (χ3n) is 2.57. The number of benzene rings is 1. The van der Waals surface area contributed by atoms with Crippen LogP contribution in [0.4, 0.5) is 0 Å². The minimum Gasteiger partial charge on any atom is -0.267 e. The zero-order valence-electron chi connectivity index (χ0n) is 10.6. The van der Waals surface area contributed by atoms with Crippen molar-refractivity contribution in [2.45, 2.75) is 6.92 Å². The van der Waals surface area contributed by atoms with E-state index in [9.17, 15) is 4.79 Å². The van der Waals surface area contributed by atoms with Crippen LogP contribution in [0.1, 0.15) is 22.8 Å². The molecule has 1 amide bonds. The number of amides is 1. The van der Waals surface area contributed by atoms with Crippen molar-refractivity contribution in [2.24, 2.45) is 5.10 Å². The first kappa shape index (κ1) is 14.5. The monoisotopic (exact) mass is 307 g/mol. The van der Waals surface area contributed by atoms with Gasteiger partial charge in [0.2, 0.25) is 0 Å². The van der Waals surface area contributed by atoms with Crippen molar-refractivity contribution in [3.63, 3.8) is 0 Å². The fourth-order valence-corrected chi connectivity index (χ4v) is 1.96. The first-order valence-corrected chi connectivity index (χ1v) is 6.53. The van der Waals surface area contributed by atoms with Gasteiger partial charge in [-0.05, 0) is 37.3 Å². The molecule has 102 valence electrons. The molecule has 1 aromatic heterocycles. The van der Waals surface area contributed by atoms with Crippen LogP contribution >= 0.6 is 23.2 Å². The molecule has 0 spiro atoms. The van der Waals surface area contributed by atoms with E-state index in [1.807, 2.05) is 0 Å². The maximum absolute atomic E-state index is 11.8. The van der Waals surface area contributed by atoms with Gasteiger partial charge in [0.25, 0.3) is 5.91 Å². The molecule has 1 N–H and O–H groups in total. The summed E-state index contributed by atoms with van der Waals surface area (Å²) in [5.74, 6) is -0.337. The van der Waals surface area contributed by atoms with E-state index in [0.29, 0.717) is 26.9 Å². The zero-order valence-corrected chi connectivity index (χ0v) is 12.1. The number of aromatic nitrogens is 1. The lowest BCUT2D eigenvalue weighted by molar-refractivity contribution is 0.0954. The van der Waals surface area contributed by atoms with Crippen molar-refractivity contribution in [3.8, 4) is 0 Å². The summed E-state index contributed by atoms with van der Waals surface area (Å²) in [7, 11) is 0. The highest BCUT2D eigenvalue weighted by molar-refractivity contribution is 6.36. The van der Waals surface area contributed by atoms with Crippen molar-refractivity contribution in [1.82, 2.24) is 10.4 Å². The van der Waals surface area contributed by atoms with Crippen LogP contribution in [0.5, 0.6) is 0 Å². The van der Waals surface area contributed by atoms with Crippen LogP contribution in [0.25, 0.3) is 0 Å². The second-order valence-corrected chi connectivity index (χ2v) is 4.85. The van der Waals surface area contributed by atoms with Crippen LogP contribution in [0.2, 0.25) is 10.0 Å². The summed E-state index contributed by atoms with van der Waals surface area (Å²) in [6.07, 6.45) is 3.06. The number of hydrogen-bond acceptors (Lipinski definition) is 3. The molecular weight excluding hydrogens is 297 g/mol. The van der Waals surface area contributed by atoms with Crippen molar-refractivity contribution in [3.05, 3.63) is 63.9 Å². The summed E-state index contributed by atoms with van der Waals surface area (Å²) in [4.78, 5) is 15.7. The third kappa shape index (κ3) is 3.56. The number of nitrogens with zero attached hydrogens (tertiary/aromatic N) is 2. The minimum atomic E-state index is -0.337. The molecule has 0 saturated heterocycles. The van der Waals surface area contributed by atoms with Crippen LogP contribution in [0, 0.1) is 0 Å². The number of hydrogen-bond donors (Lipinski definition) is 1. The van der Waals surface area contributed by atoms with Gasteiger partial charge in [-0.25, -0.2) is 5.43 Å². The molecule has 0 fully saturated rings. The van der Waals surface area contributed by atoms with Gasteiger partial charge >= 0.3 is 0 Å². The Morgan fingerprint density at radius 2 is 2.10 bits per heavy atom. The largest absolute Gasteiger partial charge is 0.272 e. The lowest BCUT2D eigenvalue weighted by Crippen LogP contribution is -2.19. The van der Waals surface area contributed by atoms with E-state index in [2.05, 4.69) is 15.5 Å². The fraction of sp³-hybridized carbons (Fsp3) is 0.0714. The molecule has 1 heterocycles. The topological polar surface area (TPSA) is 54.4 Å². The average molecular weight is 308 g/mol. The molecule has 1 aromatic carbocycles. The van der Waals surface area contributed by atoms with Gasteiger partial charge in [-0.2, -0.15) is 5.10 Å². The van der Waals surface area contributed by atoms with Crippen LogP contribution in [0.3, 0.4) is 0 Å². The van der Waals surface area contributed by atoms with E-state index >= 15 is 0 Å². The lowest BCUT2D eigenvalue weighted by atomic mass is 10.1. The van der Waals surface area contributed by atoms with E-state index in [-0.39, 0.29) is 5.91 Å². The Morgan fingerprint density at radius 3 is 2.80 bits per heavy atom. The standard InChI is InChI=1S/C14H11Cl2N3O/c1-9(12-7-11(15)4-5-13(12)16)18-19-14(20)10-3-2-6-17-8-10/h2-8H,1H3,(H,19,20)/b18-9-. The minimum absolute atomic E-state index is 0.337. The molecule has 4 nitrogen and oxygen atoms in total. The summed E-state index contributed by atoms with van der Waals surface area (Å²) in [5.41, 5.74) is 4.12. The van der Waals surface area contributed by atoms with E-state index in [1.165, 1.54) is 6.20 Å². The molecule has 0 atom stereocenters.